The zero-order valence-corrected chi connectivity index (χ0v) is 10.9. The van der Waals surface area contributed by atoms with Gasteiger partial charge in [-0.05, 0) is 42.2 Å². The first-order valence-electron chi connectivity index (χ1n) is 6.15. The summed E-state index contributed by atoms with van der Waals surface area (Å²) in [4.78, 5) is 0. The van der Waals surface area contributed by atoms with E-state index >= 15 is 0 Å². The van der Waals surface area contributed by atoms with E-state index in [0.717, 1.165) is 12.5 Å². The second kappa shape index (κ2) is 4.74. The molecule has 0 radical (unpaired) electrons. The molecule has 0 saturated heterocycles. The molecule has 16 heavy (non-hydrogen) atoms. The van der Waals surface area contributed by atoms with Gasteiger partial charge in [0.1, 0.15) is 6.33 Å². The highest BCUT2D eigenvalue weighted by Crippen LogP contribution is 2.44. The van der Waals surface area contributed by atoms with Crippen LogP contribution in [0.4, 0.5) is 0 Å². The van der Waals surface area contributed by atoms with Crippen LogP contribution < -0.4 is 0 Å². The third kappa shape index (κ3) is 2.57. The summed E-state index contributed by atoms with van der Waals surface area (Å²) >= 11 is 6.01. The van der Waals surface area contributed by atoms with Crippen LogP contribution in [0.15, 0.2) is 6.33 Å². The van der Waals surface area contributed by atoms with Crippen LogP contribution in [0.25, 0.3) is 0 Å². The molecular weight excluding hydrogens is 222 g/mol. The van der Waals surface area contributed by atoms with Crippen LogP contribution in [-0.4, -0.2) is 14.8 Å². The molecule has 0 aliphatic heterocycles. The monoisotopic (exact) mass is 241 g/mol. The molecule has 1 fully saturated rings. The molecule has 0 bridgehead atoms. The Balaban J connectivity index is 2.11. The molecular formula is C12H20ClN3. The molecule has 1 aliphatic carbocycles. The van der Waals surface area contributed by atoms with Gasteiger partial charge in [-0.1, -0.05) is 26.7 Å². The molecule has 1 aromatic heterocycles. The summed E-state index contributed by atoms with van der Waals surface area (Å²) in [6.07, 6.45) is 8.38. The van der Waals surface area contributed by atoms with Crippen LogP contribution in [0.3, 0.4) is 0 Å². The van der Waals surface area contributed by atoms with Gasteiger partial charge in [0, 0.05) is 6.54 Å². The van der Waals surface area contributed by atoms with E-state index in [2.05, 4.69) is 24.0 Å². The molecule has 4 heteroatoms. The van der Waals surface area contributed by atoms with Gasteiger partial charge >= 0.3 is 0 Å². The summed E-state index contributed by atoms with van der Waals surface area (Å²) in [5.41, 5.74) is 0.431. The quantitative estimate of drug-likeness (QED) is 0.807. The van der Waals surface area contributed by atoms with Crippen molar-refractivity contribution in [2.24, 2.45) is 11.3 Å². The van der Waals surface area contributed by atoms with Crippen LogP contribution in [-0.2, 0) is 6.54 Å². The Morgan fingerprint density at radius 3 is 2.62 bits per heavy atom. The van der Waals surface area contributed by atoms with Gasteiger partial charge in [0.2, 0.25) is 5.28 Å². The Morgan fingerprint density at radius 2 is 2.12 bits per heavy atom. The Bertz CT molecular complexity index is 340. The maximum Gasteiger partial charge on any atom is 0.224 e. The SMILES string of the molecule is CC(C)CC1(Cn2cnnc2Cl)CCCC1. The summed E-state index contributed by atoms with van der Waals surface area (Å²) in [6, 6.07) is 0. The largest absolute Gasteiger partial charge is 0.304 e. The van der Waals surface area contributed by atoms with E-state index in [9.17, 15) is 0 Å². The normalized spacial score (nSPS) is 19.5. The van der Waals surface area contributed by atoms with Crippen molar-refractivity contribution in [1.82, 2.24) is 14.8 Å². The summed E-state index contributed by atoms with van der Waals surface area (Å²) in [6.45, 7) is 5.58. The van der Waals surface area contributed by atoms with Crippen molar-refractivity contribution in [2.45, 2.75) is 52.5 Å². The fourth-order valence-corrected chi connectivity index (χ4v) is 3.27. The number of rotatable bonds is 4. The summed E-state index contributed by atoms with van der Waals surface area (Å²) < 4.78 is 2.00. The van der Waals surface area contributed by atoms with E-state index in [0.29, 0.717) is 10.7 Å². The lowest BCUT2D eigenvalue weighted by Gasteiger charge is -2.31. The average molecular weight is 242 g/mol. The minimum atomic E-state index is 0.431. The van der Waals surface area contributed by atoms with Crippen molar-refractivity contribution in [1.29, 1.82) is 0 Å². The van der Waals surface area contributed by atoms with Crippen LogP contribution in [0, 0.1) is 11.3 Å². The highest BCUT2D eigenvalue weighted by Gasteiger charge is 2.35. The lowest BCUT2D eigenvalue weighted by Crippen LogP contribution is -2.25. The second-order valence-electron chi connectivity index (χ2n) is 5.53. The summed E-state index contributed by atoms with van der Waals surface area (Å²) in [5, 5.41) is 8.23. The Labute approximate surface area is 102 Å². The van der Waals surface area contributed by atoms with Gasteiger partial charge in [-0.3, -0.25) is 0 Å². The molecule has 1 heterocycles. The predicted molar refractivity (Wildman–Crippen MR) is 65.4 cm³/mol. The number of aromatic nitrogens is 3. The lowest BCUT2D eigenvalue weighted by molar-refractivity contribution is 0.197. The van der Waals surface area contributed by atoms with Crippen molar-refractivity contribution in [2.75, 3.05) is 0 Å². The van der Waals surface area contributed by atoms with Crippen LogP contribution in [0.5, 0.6) is 0 Å². The van der Waals surface area contributed by atoms with Gasteiger partial charge < -0.3 is 4.57 Å². The molecule has 2 rings (SSSR count). The van der Waals surface area contributed by atoms with Crippen molar-refractivity contribution >= 4 is 11.6 Å². The van der Waals surface area contributed by atoms with Crippen LogP contribution in [0.1, 0.15) is 46.0 Å². The topological polar surface area (TPSA) is 30.7 Å². The highest BCUT2D eigenvalue weighted by molar-refractivity contribution is 6.28. The molecule has 0 atom stereocenters. The van der Waals surface area contributed by atoms with E-state index in [1.807, 2.05) is 4.57 Å². The molecule has 90 valence electrons. The van der Waals surface area contributed by atoms with Gasteiger partial charge in [-0.25, -0.2) is 0 Å². The Hall–Kier alpha value is -0.570. The van der Waals surface area contributed by atoms with Gasteiger partial charge in [0.05, 0.1) is 0 Å². The first kappa shape index (κ1) is 11.9. The average Bonchev–Trinajstić information content (AvgIpc) is 2.77. The summed E-state index contributed by atoms with van der Waals surface area (Å²) in [7, 11) is 0. The molecule has 3 nitrogen and oxygen atoms in total. The van der Waals surface area contributed by atoms with E-state index in [-0.39, 0.29) is 0 Å². The van der Waals surface area contributed by atoms with Crippen LogP contribution in [0.2, 0.25) is 5.28 Å². The lowest BCUT2D eigenvalue weighted by atomic mass is 9.78. The number of hydrogen-bond acceptors (Lipinski definition) is 2. The maximum atomic E-state index is 6.01. The molecule has 0 spiro atoms. The highest BCUT2D eigenvalue weighted by atomic mass is 35.5. The molecule has 1 saturated carbocycles. The molecule has 0 aromatic carbocycles. The zero-order chi connectivity index (χ0) is 11.6. The first-order valence-corrected chi connectivity index (χ1v) is 6.52. The maximum absolute atomic E-state index is 6.01. The fourth-order valence-electron chi connectivity index (χ4n) is 3.13. The van der Waals surface area contributed by atoms with E-state index in [1.54, 1.807) is 6.33 Å². The molecule has 0 N–H and O–H groups in total. The van der Waals surface area contributed by atoms with Crippen molar-refractivity contribution in [3.63, 3.8) is 0 Å². The van der Waals surface area contributed by atoms with Gasteiger partial charge in [-0.2, -0.15) is 0 Å². The van der Waals surface area contributed by atoms with E-state index in [1.165, 1.54) is 32.1 Å². The van der Waals surface area contributed by atoms with Gasteiger partial charge in [0.25, 0.3) is 0 Å². The second-order valence-corrected chi connectivity index (χ2v) is 5.87. The zero-order valence-electron chi connectivity index (χ0n) is 10.1. The smallest absolute Gasteiger partial charge is 0.224 e. The summed E-state index contributed by atoms with van der Waals surface area (Å²) in [5.74, 6) is 0.744. The fraction of sp³-hybridized carbons (Fsp3) is 0.833. The molecule has 1 aliphatic rings. The molecule has 1 aromatic rings. The first-order chi connectivity index (χ1) is 7.61. The minimum absolute atomic E-state index is 0.431. The van der Waals surface area contributed by atoms with Crippen molar-refractivity contribution in [3.05, 3.63) is 11.6 Å². The van der Waals surface area contributed by atoms with E-state index in [4.69, 9.17) is 11.6 Å². The number of nitrogens with zero attached hydrogens (tertiary/aromatic N) is 3. The van der Waals surface area contributed by atoms with Gasteiger partial charge in [-0.15, -0.1) is 10.2 Å². The van der Waals surface area contributed by atoms with Crippen LogP contribution >= 0.6 is 11.6 Å². The molecule has 0 unspecified atom stereocenters. The number of hydrogen-bond donors (Lipinski definition) is 0. The predicted octanol–water partition coefficient (Wildman–Crippen LogP) is 3.54. The third-order valence-corrected chi connectivity index (χ3v) is 3.87. The van der Waals surface area contributed by atoms with Crippen molar-refractivity contribution in [3.8, 4) is 0 Å². The van der Waals surface area contributed by atoms with E-state index < -0.39 is 0 Å². The molecule has 0 amide bonds. The standard InChI is InChI=1S/C12H20ClN3/c1-10(2)7-12(5-3-4-6-12)8-16-9-14-15-11(16)13/h9-10H,3-8H2,1-2H3. The number of halogens is 1. The van der Waals surface area contributed by atoms with Gasteiger partial charge in [0.15, 0.2) is 0 Å². The Kier molecular flexibility index (Phi) is 3.53. The van der Waals surface area contributed by atoms with Crippen molar-refractivity contribution < 1.29 is 0 Å². The third-order valence-electron chi connectivity index (χ3n) is 3.58. The minimum Gasteiger partial charge on any atom is -0.304 e. The Morgan fingerprint density at radius 1 is 1.44 bits per heavy atom.